The van der Waals surface area contributed by atoms with Gasteiger partial charge < -0.3 is 15.3 Å². The number of rotatable bonds is 4. The van der Waals surface area contributed by atoms with Crippen LogP contribution in [0, 0.1) is 0 Å². The summed E-state index contributed by atoms with van der Waals surface area (Å²) >= 11 is 1.78. The van der Waals surface area contributed by atoms with E-state index in [9.17, 15) is 9.90 Å². The van der Waals surface area contributed by atoms with Gasteiger partial charge in [-0.15, -0.1) is 11.3 Å². The zero-order chi connectivity index (χ0) is 12.6. The lowest BCUT2D eigenvalue weighted by Gasteiger charge is -2.28. The molecule has 5 heteroatoms. The lowest BCUT2D eigenvalue weighted by molar-refractivity contribution is -0.131. The molecular formula is C13H18N2O2S. The Labute approximate surface area is 111 Å². The molecule has 0 atom stereocenters. The van der Waals surface area contributed by atoms with Gasteiger partial charge in [-0.3, -0.25) is 4.79 Å². The number of amides is 1. The van der Waals surface area contributed by atoms with E-state index in [1.165, 1.54) is 10.4 Å². The molecule has 98 valence electrons. The van der Waals surface area contributed by atoms with Crippen LogP contribution in [-0.4, -0.2) is 41.1 Å². The Morgan fingerprint density at radius 2 is 2.39 bits per heavy atom. The van der Waals surface area contributed by atoms with Gasteiger partial charge in [-0.05, 0) is 36.3 Å². The smallest absolute Gasteiger partial charge is 0.236 e. The average molecular weight is 266 g/mol. The van der Waals surface area contributed by atoms with Crippen LogP contribution < -0.4 is 5.32 Å². The second-order valence-electron chi connectivity index (χ2n) is 5.23. The minimum Gasteiger partial charge on any atom is -0.394 e. The number of hydrogen-bond donors (Lipinski definition) is 2. The number of nitrogens with zero attached hydrogens (tertiary/aromatic N) is 1. The highest BCUT2D eigenvalue weighted by Gasteiger charge is 2.42. The predicted molar refractivity (Wildman–Crippen MR) is 70.5 cm³/mol. The fraction of sp³-hybridized carbons (Fsp3) is 0.615. The predicted octanol–water partition coefficient (Wildman–Crippen LogP) is 0.747. The SMILES string of the molecule is O=C(CNC1(CO)CC1)N1CCc2sccc2C1. The summed E-state index contributed by atoms with van der Waals surface area (Å²) in [4.78, 5) is 15.4. The van der Waals surface area contributed by atoms with E-state index in [0.29, 0.717) is 6.54 Å². The minimum absolute atomic E-state index is 0.134. The quantitative estimate of drug-likeness (QED) is 0.845. The van der Waals surface area contributed by atoms with Crippen LogP contribution in [0.25, 0.3) is 0 Å². The van der Waals surface area contributed by atoms with Gasteiger partial charge in [-0.2, -0.15) is 0 Å². The maximum atomic E-state index is 12.1. The molecule has 2 aliphatic rings. The second kappa shape index (κ2) is 4.64. The third-order valence-electron chi connectivity index (χ3n) is 3.93. The summed E-state index contributed by atoms with van der Waals surface area (Å²) < 4.78 is 0. The van der Waals surface area contributed by atoms with Gasteiger partial charge in [0.05, 0.1) is 13.2 Å². The molecule has 1 amide bonds. The van der Waals surface area contributed by atoms with Crippen LogP contribution in [-0.2, 0) is 17.8 Å². The largest absolute Gasteiger partial charge is 0.394 e. The highest BCUT2D eigenvalue weighted by molar-refractivity contribution is 7.10. The van der Waals surface area contributed by atoms with E-state index in [2.05, 4.69) is 16.8 Å². The van der Waals surface area contributed by atoms with Crippen molar-refractivity contribution in [2.45, 2.75) is 31.3 Å². The number of carbonyl (C=O) groups is 1. The van der Waals surface area contributed by atoms with Gasteiger partial charge in [0.25, 0.3) is 0 Å². The molecule has 0 radical (unpaired) electrons. The van der Waals surface area contributed by atoms with Crippen LogP contribution in [0.4, 0.5) is 0 Å². The van der Waals surface area contributed by atoms with E-state index in [4.69, 9.17) is 0 Å². The number of aliphatic hydroxyl groups is 1. The number of thiophene rings is 1. The lowest BCUT2D eigenvalue weighted by Crippen LogP contribution is -2.45. The maximum Gasteiger partial charge on any atom is 0.236 e. The van der Waals surface area contributed by atoms with Crippen LogP contribution in [0.3, 0.4) is 0 Å². The Morgan fingerprint density at radius 3 is 3.11 bits per heavy atom. The summed E-state index contributed by atoms with van der Waals surface area (Å²) in [6, 6.07) is 2.11. The molecule has 0 saturated heterocycles. The molecule has 1 aliphatic heterocycles. The second-order valence-corrected chi connectivity index (χ2v) is 6.23. The zero-order valence-electron chi connectivity index (χ0n) is 10.3. The third-order valence-corrected chi connectivity index (χ3v) is 4.95. The molecule has 1 fully saturated rings. The number of aliphatic hydroxyl groups excluding tert-OH is 1. The molecule has 0 spiro atoms. The van der Waals surface area contributed by atoms with Crippen LogP contribution in [0.15, 0.2) is 11.4 Å². The monoisotopic (exact) mass is 266 g/mol. The van der Waals surface area contributed by atoms with Crippen molar-refractivity contribution in [3.05, 3.63) is 21.9 Å². The van der Waals surface area contributed by atoms with Crippen LogP contribution >= 0.6 is 11.3 Å². The van der Waals surface area contributed by atoms with Gasteiger partial charge >= 0.3 is 0 Å². The van der Waals surface area contributed by atoms with E-state index in [1.807, 2.05) is 4.90 Å². The van der Waals surface area contributed by atoms with Gasteiger partial charge in [-0.1, -0.05) is 0 Å². The molecule has 0 aromatic carbocycles. The summed E-state index contributed by atoms with van der Waals surface area (Å²) in [6.45, 7) is 2.04. The maximum absolute atomic E-state index is 12.1. The van der Waals surface area contributed by atoms with Crippen molar-refractivity contribution in [2.75, 3.05) is 19.7 Å². The summed E-state index contributed by atoms with van der Waals surface area (Å²) in [5.74, 6) is 0.145. The van der Waals surface area contributed by atoms with Crippen LogP contribution in [0.5, 0.6) is 0 Å². The number of fused-ring (bicyclic) bond motifs is 1. The third kappa shape index (κ3) is 2.30. The molecule has 18 heavy (non-hydrogen) atoms. The van der Waals surface area contributed by atoms with Crippen molar-refractivity contribution in [1.82, 2.24) is 10.2 Å². The van der Waals surface area contributed by atoms with Gasteiger partial charge in [0.15, 0.2) is 0 Å². The number of hydrogen-bond acceptors (Lipinski definition) is 4. The van der Waals surface area contributed by atoms with Gasteiger partial charge in [0.2, 0.25) is 5.91 Å². The topological polar surface area (TPSA) is 52.6 Å². The van der Waals surface area contributed by atoms with Gasteiger partial charge in [0, 0.05) is 23.5 Å². The van der Waals surface area contributed by atoms with E-state index in [1.54, 1.807) is 11.3 Å². The fourth-order valence-electron chi connectivity index (χ4n) is 2.38. The zero-order valence-corrected chi connectivity index (χ0v) is 11.1. The standard InChI is InChI=1S/C13H18N2O2S/c16-9-13(3-4-13)14-7-12(17)15-5-1-11-10(8-15)2-6-18-11/h2,6,14,16H,1,3-5,7-9H2. The summed E-state index contributed by atoms with van der Waals surface area (Å²) in [5, 5.41) is 14.5. The average Bonchev–Trinajstić information content (AvgIpc) is 3.04. The lowest BCUT2D eigenvalue weighted by atomic mass is 10.1. The Kier molecular flexibility index (Phi) is 3.13. The van der Waals surface area contributed by atoms with Gasteiger partial charge in [0.1, 0.15) is 0 Å². The van der Waals surface area contributed by atoms with Crippen molar-refractivity contribution >= 4 is 17.2 Å². The van der Waals surface area contributed by atoms with E-state index < -0.39 is 0 Å². The number of carbonyl (C=O) groups excluding carboxylic acids is 1. The molecule has 0 bridgehead atoms. The highest BCUT2D eigenvalue weighted by Crippen LogP contribution is 2.34. The fourth-order valence-corrected chi connectivity index (χ4v) is 3.27. The first-order valence-corrected chi connectivity index (χ1v) is 7.29. The van der Waals surface area contributed by atoms with Crippen molar-refractivity contribution in [2.24, 2.45) is 0 Å². The van der Waals surface area contributed by atoms with E-state index in [0.717, 1.165) is 32.4 Å². The van der Waals surface area contributed by atoms with Crippen molar-refractivity contribution in [3.63, 3.8) is 0 Å². The molecule has 1 aromatic rings. The minimum atomic E-state index is -0.154. The number of nitrogens with one attached hydrogen (secondary N) is 1. The molecule has 2 N–H and O–H groups in total. The van der Waals surface area contributed by atoms with Crippen molar-refractivity contribution in [3.8, 4) is 0 Å². The molecule has 1 aliphatic carbocycles. The van der Waals surface area contributed by atoms with Crippen LogP contribution in [0.1, 0.15) is 23.3 Å². The van der Waals surface area contributed by atoms with Crippen molar-refractivity contribution in [1.29, 1.82) is 0 Å². The highest BCUT2D eigenvalue weighted by atomic mass is 32.1. The molecule has 4 nitrogen and oxygen atoms in total. The van der Waals surface area contributed by atoms with Gasteiger partial charge in [-0.25, -0.2) is 0 Å². The molecule has 1 aromatic heterocycles. The molecule has 0 unspecified atom stereocenters. The first kappa shape index (κ1) is 12.1. The summed E-state index contributed by atoms with van der Waals surface area (Å²) in [6.07, 6.45) is 2.93. The van der Waals surface area contributed by atoms with Crippen molar-refractivity contribution < 1.29 is 9.90 Å². The summed E-state index contributed by atoms with van der Waals surface area (Å²) in [7, 11) is 0. The normalized spacial score (nSPS) is 20.6. The Hall–Kier alpha value is -0.910. The first-order valence-electron chi connectivity index (χ1n) is 6.41. The molecule has 3 rings (SSSR count). The van der Waals surface area contributed by atoms with E-state index >= 15 is 0 Å². The molecule has 1 saturated carbocycles. The summed E-state index contributed by atoms with van der Waals surface area (Å²) in [5.41, 5.74) is 1.14. The Morgan fingerprint density at radius 1 is 1.56 bits per heavy atom. The Bertz CT molecular complexity index is 454. The molecule has 2 heterocycles. The Balaban J connectivity index is 1.55. The first-order chi connectivity index (χ1) is 8.72. The van der Waals surface area contributed by atoms with Crippen LogP contribution in [0.2, 0.25) is 0 Å². The van der Waals surface area contributed by atoms with E-state index in [-0.39, 0.29) is 18.1 Å². The molecular weight excluding hydrogens is 248 g/mol.